The minimum Gasteiger partial charge on any atom is -0.494 e. The van der Waals surface area contributed by atoms with Gasteiger partial charge in [0.2, 0.25) is 0 Å². The van der Waals surface area contributed by atoms with Gasteiger partial charge in [-0.3, -0.25) is 0 Å². The molecule has 13 aromatic rings. The summed E-state index contributed by atoms with van der Waals surface area (Å²) in [5.41, 5.74) is 28.3. The summed E-state index contributed by atoms with van der Waals surface area (Å²) < 4.78 is 14.0. The van der Waals surface area contributed by atoms with Crippen LogP contribution in [0, 0.1) is 0 Å². The van der Waals surface area contributed by atoms with Gasteiger partial charge in [0.05, 0.1) is 29.9 Å². The Morgan fingerprint density at radius 2 is 0.954 bits per heavy atom. The number of methoxy groups -OCH3 is 1. The van der Waals surface area contributed by atoms with Crippen LogP contribution < -0.4 is 14.5 Å². The number of benzene rings is 12. The van der Waals surface area contributed by atoms with Crippen molar-refractivity contribution in [3.05, 3.63) is 312 Å². The maximum absolute atomic E-state index is 7.16. The smallest absolute Gasteiger partial charge is 0.159 e. The second-order valence-corrected chi connectivity index (χ2v) is 22.9. The van der Waals surface area contributed by atoms with Gasteiger partial charge in [-0.1, -0.05) is 226 Å². The molecule has 4 heteroatoms. The molecular formula is C83H64N2O2. The summed E-state index contributed by atoms with van der Waals surface area (Å²) in [4.78, 5) is 4.95. The van der Waals surface area contributed by atoms with Crippen LogP contribution in [0.4, 0.5) is 34.1 Å². The first-order valence-electron chi connectivity index (χ1n) is 30.5. The van der Waals surface area contributed by atoms with Crippen molar-refractivity contribution in [1.29, 1.82) is 0 Å². The normalized spacial score (nSPS) is 12.2. The van der Waals surface area contributed by atoms with Crippen LogP contribution in [-0.4, -0.2) is 7.11 Å². The van der Waals surface area contributed by atoms with Gasteiger partial charge in [0.25, 0.3) is 0 Å². The van der Waals surface area contributed by atoms with Gasteiger partial charge >= 0.3 is 0 Å². The molecule has 1 heterocycles. The maximum Gasteiger partial charge on any atom is 0.159 e. The van der Waals surface area contributed by atoms with Crippen LogP contribution in [0.25, 0.3) is 95.8 Å². The van der Waals surface area contributed by atoms with Crippen LogP contribution in [0.3, 0.4) is 0 Å². The van der Waals surface area contributed by atoms with Crippen molar-refractivity contribution in [1.82, 2.24) is 0 Å². The monoisotopic (exact) mass is 1120 g/mol. The summed E-state index contributed by atoms with van der Waals surface area (Å²) in [7, 11) is 1.83. The van der Waals surface area contributed by atoms with E-state index >= 15 is 0 Å². The molecule has 0 aliphatic heterocycles. The number of para-hydroxylation sites is 2. The van der Waals surface area contributed by atoms with Crippen LogP contribution in [0.1, 0.15) is 58.7 Å². The van der Waals surface area contributed by atoms with Gasteiger partial charge in [-0.05, 0) is 188 Å². The zero-order valence-corrected chi connectivity index (χ0v) is 49.0. The highest BCUT2D eigenvalue weighted by molar-refractivity contribution is 6.13. The number of hydrogen-bond donors (Lipinski definition) is 0. The standard InChI is InChI=1S/C83H64N2O2/c1-3-4-25-64-52-78(85(68-38-21-10-22-39-68)79-53-65(58-30-15-7-16-31-58)50-73(82(79)86-2)63-35-23-34-61(48-63)56-26-11-5-12-27-56)71-45-42-60-43-46-77(70-41-24-40-69(64)74(71)55-72(60)70)84(67-36-19-9-20-37-67)80-54-66(59-32-17-8-18-33-59)51-76-75-49-62(57-28-13-6-14-29-57)44-47-81(75)87-83(76)80/h5-24,26-40,42-54H,3-4,25,41,55H2,1-2H3. The minimum atomic E-state index is 0.740. The van der Waals surface area contributed by atoms with E-state index in [9.17, 15) is 0 Å². The Morgan fingerprint density at radius 3 is 1.59 bits per heavy atom. The lowest BCUT2D eigenvalue weighted by Gasteiger charge is -2.33. The van der Waals surface area contributed by atoms with E-state index in [1.54, 1.807) is 0 Å². The predicted octanol–water partition coefficient (Wildman–Crippen LogP) is 22.9. The number of fused-ring (bicyclic) bond motifs is 3. The Kier molecular flexibility index (Phi) is 14.1. The molecule has 87 heavy (non-hydrogen) atoms. The lowest BCUT2D eigenvalue weighted by atomic mass is 9.84. The third-order valence-corrected chi connectivity index (χ3v) is 17.6. The molecule has 0 radical (unpaired) electrons. The molecule has 418 valence electrons. The largest absolute Gasteiger partial charge is 0.494 e. The van der Waals surface area contributed by atoms with E-state index in [1.165, 1.54) is 50.1 Å². The van der Waals surface area contributed by atoms with Crippen molar-refractivity contribution in [3.63, 3.8) is 0 Å². The topological polar surface area (TPSA) is 28.9 Å². The summed E-state index contributed by atoms with van der Waals surface area (Å²) in [5, 5.41) is 2.16. The number of anilines is 6. The molecule has 0 N–H and O–H groups in total. The van der Waals surface area contributed by atoms with Crippen molar-refractivity contribution >= 4 is 74.3 Å². The Hall–Kier alpha value is -10.7. The van der Waals surface area contributed by atoms with Crippen molar-refractivity contribution in [2.75, 3.05) is 16.9 Å². The Bertz CT molecular complexity index is 4740. The van der Waals surface area contributed by atoms with E-state index < -0.39 is 0 Å². The number of hydrogen-bond acceptors (Lipinski definition) is 4. The van der Waals surface area contributed by atoms with Gasteiger partial charge in [0.1, 0.15) is 5.58 Å². The number of allylic oxidation sites excluding steroid dienone is 1. The van der Waals surface area contributed by atoms with Gasteiger partial charge < -0.3 is 19.0 Å². The maximum atomic E-state index is 7.16. The second-order valence-electron chi connectivity index (χ2n) is 22.9. The van der Waals surface area contributed by atoms with E-state index in [0.29, 0.717) is 0 Å². The van der Waals surface area contributed by atoms with Gasteiger partial charge in [0, 0.05) is 33.3 Å². The number of aryl methyl sites for hydroxylation is 1. The predicted molar refractivity (Wildman–Crippen MR) is 366 cm³/mol. The molecule has 2 aliphatic rings. The first-order valence-corrected chi connectivity index (χ1v) is 30.5. The van der Waals surface area contributed by atoms with Crippen LogP contribution >= 0.6 is 0 Å². The number of rotatable bonds is 15. The molecule has 2 aliphatic carbocycles. The lowest BCUT2D eigenvalue weighted by Crippen LogP contribution is -2.17. The average Bonchev–Trinajstić information content (AvgIpc) is 1.85. The molecule has 0 fully saturated rings. The van der Waals surface area contributed by atoms with Gasteiger partial charge in [0.15, 0.2) is 11.3 Å². The van der Waals surface area contributed by atoms with E-state index in [1.807, 2.05) is 7.11 Å². The lowest BCUT2D eigenvalue weighted by molar-refractivity contribution is 0.417. The fourth-order valence-corrected chi connectivity index (χ4v) is 13.4. The third-order valence-electron chi connectivity index (χ3n) is 17.6. The molecule has 0 saturated heterocycles. The molecule has 0 amide bonds. The van der Waals surface area contributed by atoms with E-state index in [4.69, 9.17) is 9.15 Å². The van der Waals surface area contributed by atoms with E-state index in [0.717, 1.165) is 138 Å². The van der Waals surface area contributed by atoms with E-state index in [-0.39, 0.29) is 0 Å². The van der Waals surface area contributed by atoms with Crippen molar-refractivity contribution < 1.29 is 9.15 Å². The van der Waals surface area contributed by atoms with Crippen molar-refractivity contribution in [3.8, 4) is 61.4 Å². The fourth-order valence-electron chi connectivity index (χ4n) is 13.4. The van der Waals surface area contributed by atoms with Gasteiger partial charge in [-0.25, -0.2) is 0 Å². The second kappa shape index (κ2) is 23.1. The summed E-state index contributed by atoms with van der Waals surface area (Å²) >= 11 is 0. The zero-order valence-electron chi connectivity index (χ0n) is 49.0. The molecule has 15 rings (SSSR count). The fraction of sp³-hybridized carbons (Fsp3) is 0.0843. The van der Waals surface area contributed by atoms with Crippen LogP contribution in [-0.2, 0) is 19.3 Å². The summed E-state index contributed by atoms with van der Waals surface area (Å²) in [6, 6.07) is 96.6. The summed E-state index contributed by atoms with van der Waals surface area (Å²) in [5.74, 6) is 0.804. The summed E-state index contributed by atoms with van der Waals surface area (Å²) in [6.45, 7) is 2.30. The van der Waals surface area contributed by atoms with Crippen molar-refractivity contribution in [2.45, 2.75) is 39.0 Å². The quantitative estimate of drug-likeness (QED) is 0.102. The highest BCUT2D eigenvalue weighted by Crippen LogP contribution is 2.53. The Labute approximate surface area is 509 Å². The van der Waals surface area contributed by atoms with Crippen molar-refractivity contribution in [2.24, 2.45) is 0 Å². The molecule has 0 spiro atoms. The number of unbranched alkanes of at least 4 members (excludes halogenated alkanes) is 1. The Balaban J connectivity index is 0.945. The van der Waals surface area contributed by atoms with Crippen LogP contribution in [0.5, 0.6) is 5.75 Å². The van der Waals surface area contributed by atoms with Crippen LogP contribution in [0.15, 0.2) is 277 Å². The van der Waals surface area contributed by atoms with Crippen LogP contribution in [0.2, 0.25) is 0 Å². The molecule has 12 aromatic carbocycles. The first kappa shape index (κ1) is 53.1. The summed E-state index contributed by atoms with van der Waals surface area (Å²) in [6.07, 6.45) is 14.2. The Morgan fingerprint density at radius 1 is 0.402 bits per heavy atom. The minimum absolute atomic E-state index is 0.740. The highest BCUT2D eigenvalue weighted by Gasteiger charge is 2.31. The molecule has 4 nitrogen and oxygen atoms in total. The van der Waals surface area contributed by atoms with Gasteiger partial charge in [-0.15, -0.1) is 0 Å². The molecule has 0 unspecified atom stereocenters. The molecule has 2 bridgehead atoms. The highest BCUT2D eigenvalue weighted by atomic mass is 16.5. The number of nitrogens with zero attached hydrogens (tertiary/aromatic N) is 2. The third kappa shape index (κ3) is 9.89. The molecule has 0 saturated carbocycles. The number of furan rings is 1. The molecule has 0 atom stereocenters. The van der Waals surface area contributed by atoms with E-state index in [2.05, 4.69) is 308 Å². The molecule has 1 aromatic heterocycles. The number of ether oxygens (including phenoxy) is 1. The first-order chi connectivity index (χ1) is 43.1. The average molecular weight is 1120 g/mol. The molecular weight excluding hydrogens is 1060 g/mol. The zero-order chi connectivity index (χ0) is 58.2. The SMILES string of the molecule is CCCCc1cc(N(c2ccccc2)c2cc(-c3ccccc3)cc(-c3cccc(-c4ccccc4)c3)c2OC)c2c3c1C=CCc1c(N(c4ccccc4)c4cc(-c5ccccc5)cc5c4oc4ccc(-c6ccccc6)cc45)ccc(c1C3)C=C2. The van der Waals surface area contributed by atoms with Gasteiger partial charge in [-0.2, -0.15) is 0 Å².